The Kier molecular flexibility index (Phi) is 4.31. The molecule has 1 rings (SSSR count). The number of rotatable bonds is 5. The molecular formula is C15H24N+. The van der Waals surface area contributed by atoms with E-state index < -0.39 is 0 Å². The Morgan fingerprint density at radius 1 is 1.38 bits per heavy atom. The van der Waals surface area contributed by atoms with Crippen LogP contribution in [-0.4, -0.2) is 7.05 Å². The Hall–Kier alpha value is -1.08. The molecule has 0 aromatic heterocycles. The van der Waals surface area contributed by atoms with Crippen LogP contribution >= 0.6 is 0 Å². The van der Waals surface area contributed by atoms with E-state index in [1.165, 1.54) is 11.3 Å². The zero-order chi connectivity index (χ0) is 12.2. The van der Waals surface area contributed by atoms with Gasteiger partial charge in [0, 0.05) is 5.56 Å². The molecule has 0 fully saturated rings. The van der Waals surface area contributed by atoms with E-state index in [0.717, 1.165) is 6.42 Å². The molecule has 0 bridgehead atoms. The third kappa shape index (κ3) is 2.96. The minimum atomic E-state index is 0.265. The highest BCUT2D eigenvalue weighted by Crippen LogP contribution is 2.32. The minimum absolute atomic E-state index is 0.265. The lowest BCUT2D eigenvalue weighted by atomic mass is 9.75. The lowest BCUT2D eigenvalue weighted by Gasteiger charge is -2.30. The highest BCUT2D eigenvalue weighted by molar-refractivity contribution is 5.39. The fourth-order valence-corrected chi connectivity index (χ4v) is 1.95. The second-order valence-electron chi connectivity index (χ2n) is 5.18. The molecule has 16 heavy (non-hydrogen) atoms. The van der Waals surface area contributed by atoms with Crippen molar-refractivity contribution in [2.45, 2.75) is 27.2 Å². The summed E-state index contributed by atoms with van der Waals surface area (Å²) in [5.74, 6) is 0.525. The summed E-state index contributed by atoms with van der Waals surface area (Å²) in [6.07, 6.45) is 3.15. The summed E-state index contributed by atoms with van der Waals surface area (Å²) in [5.41, 5.74) is 3.05. The van der Waals surface area contributed by atoms with Gasteiger partial charge in [0.05, 0.1) is 7.05 Å². The van der Waals surface area contributed by atoms with Gasteiger partial charge in [0.25, 0.3) is 0 Å². The third-order valence-corrected chi connectivity index (χ3v) is 3.60. The van der Waals surface area contributed by atoms with Crippen LogP contribution in [0.3, 0.4) is 0 Å². The van der Waals surface area contributed by atoms with Gasteiger partial charge in [-0.1, -0.05) is 45.0 Å². The third-order valence-electron chi connectivity index (χ3n) is 3.60. The molecular weight excluding hydrogens is 194 g/mol. The molecule has 2 N–H and O–H groups in total. The normalized spacial score (nSPS) is 13.5. The van der Waals surface area contributed by atoms with Gasteiger partial charge in [-0.15, -0.1) is 6.58 Å². The number of allylic oxidation sites excluding steroid dienone is 1. The Morgan fingerprint density at radius 3 is 2.56 bits per heavy atom. The van der Waals surface area contributed by atoms with Crippen molar-refractivity contribution >= 4 is 5.69 Å². The van der Waals surface area contributed by atoms with Gasteiger partial charge in [-0.25, -0.2) is 0 Å². The van der Waals surface area contributed by atoms with Crippen molar-refractivity contribution in [1.82, 2.24) is 0 Å². The first-order valence-corrected chi connectivity index (χ1v) is 6.01. The van der Waals surface area contributed by atoms with E-state index in [9.17, 15) is 0 Å². The molecule has 1 aromatic rings. The van der Waals surface area contributed by atoms with Crippen LogP contribution in [0.15, 0.2) is 36.9 Å². The molecule has 88 valence electrons. The van der Waals surface area contributed by atoms with Crippen molar-refractivity contribution in [3.05, 3.63) is 42.5 Å². The molecule has 0 radical (unpaired) electrons. The lowest BCUT2D eigenvalue weighted by Crippen LogP contribution is -2.73. The van der Waals surface area contributed by atoms with Crippen LogP contribution in [0.5, 0.6) is 0 Å². The average Bonchev–Trinajstić information content (AvgIpc) is 2.28. The molecule has 0 spiro atoms. The van der Waals surface area contributed by atoms with Crippen LogP contribution in [0.1, 0.15) is 26.3 Å². The zero-order valence-corrected chi connectivity index (χ0v) is 11.0. The molecule has 0 saturated carbocycles. The van der Waals surface area contributed by atoms with Crippen LogP contribution < -0.4 is 5.32 Å². The van der Waals surface area contributed by atoms with Crippen molar-refractivity contribution in [3.8, 4) is 0 Å². The molecule has 0 aliphatic carbocycles. The fourth-order valence-electron chi connectivity index (χ4n) is 1.95. The van der Waals surface area contributed by atoms with Gasteiger partial charge in [-0.3, -0.25) is 0 Å². The van der Waals surface area contributed by atoms with Crippen LogP contribution in [0.25, 0.3) is 0 Å². The minimum Gasteiger partial charge on any atom is -0.316 e. The van der Waals surface area contributed by atoms with Crippen LogP contribution in [0.4, 0.5) is 5.69 Å². The van der Waals surface area contributed by atoms with Crippen molar-refractivity contribution < 1.29 is 5.32 Å². The van der Waals surface area contributed by atoms with Crippen molar-refractivity contribution in [3.63, 3.8) is 0 Å². The van der Waals surface area contributed by atoms with E-state index in [-0.39, 0.29) is 5.41 Å². The molecule has 0 amide bonds. The smallest absolute Gasteiger partial charge is 0.132 e. The molecule has 0 aliphatic heterocycles. The first-order valence-electron chi connectivity index (χ1n) is 6.01. The highest BCUT2D eigenvalue weighted by Gasteiger charge is 2.25. The Bertz CT molecular complexity index is 352. The van der Waals surface area contributed by atoms with E-state index in [2.05, 4.69) is 70.1 Å². The summed E-state index contributed by atoms with van der Waals surface area (Å²) >= 11 is 0. The second-order valence-corrected chi connectivity index (χ2v) is 5.18. The van der Waals surface area contributed by atoms with E-state index in [1.807, 2.05) is 0 Å². The Balaban J connectivity index is 2.91. The molecule has 1 atom stereocenters. The maximum atomic E-state index is 3.90. The summed E-state index contributed by atoms with van der Waals surface area (Å²) in [6, 6.07) is 8.64. The summed E-state index contributed by atoms with van der Waals surface area (Å²) in [7, 11) is 2.10. The number of para-hydroxylation sites is 1. The van der Waals surface area contributed by atoms with Gasteiger partial charge in [0.2, 0.25) is 0 Å². The van der Waals surface area contributed by atoms with Gasteiger partial charge in [-0.05, 0) is 23.8 Å². The predicted octanol–water partition coefficient (Wildman–Crippen LogP) is 2.90. The Morgan fingerprint density at radius 2 is 2.00 bits per heavy atom. The van der Waals surface area contributed by atoms with Gasteiger partial charge in [0.1, 0.15) is 5.69 Å². The molecule has 1 unspecified atom stereocenters. The molecule has 0 aliphatic rings. The number of hydrogen-bond acceptors (Lipinski definition) is 0. The van der Waals surface area contributed by atoms with E-state index >= 15 is 0 Å². The van der Waals surface area contributed by atoms with E-state index in [1.54, 1.807) is 0 Å². The number of quaternary nitrogens is 1. The number of benzene rings is 1. The van der Waals surface area contributed by atoms with Gasteiger partial charge in [0.15, 0.2) is 0 Å². The quantitative estimate of drug-likeness (QED) is 0.578. The largest absolute Gasteiger partial charge is 0.316 e. The van der Waals surface area contributed by atoms with Crippen LogP contribution in [-0.2, 0) is 6.42 Å². The first kappa shape index (κ1) is 13.0. The summed E-state index contributed by atoms with van der Waals surface area (Å²) in [4.78, 5) is 0. The van der Waals surface area contributed by atoms with Crippen molar-refractivity contribution in [2.75, 3.05) is 7.05 Å². The maximum Gasteiger partial charge on any atom is 0.132 e. The Labute approximate surface area is 99.6 Å². The van der Waals surface area contributed by atoms with Crippen molar-refractivity contribution in [1.29, 1.82) is 0 Å². The maximum absolute atomic E-state index is 3.90. The summed E-state index contributed by atoms with van der Waals surface area (Å²) in [5, 5.41) is 2.18. The SMILES string of the molecule is C=CC(C)C(C)(C)Cc1ccccc1[NH2+]C. The van der Waals surface area contributed by atoms with Gasteiger partial charge < -0.3 is 5.32 Å². The standard InChI is InChI=1S/C15H23N/c1-6-12(2)15(3,4)11-13-9-7-8-10-14(13)16-5/h6-10,12,16H,1,11H2,2-5H3/p+1. The fraction of sp³-hybridized carbons (Fsp3) is 0.467. The number of hydrogen-bond donors (Lipinski definition) is 1. The summed E-state index contributed by atoms with van der Waals surface area (Å²) < 4.78 is 0. The zero-order valence-electron chi connectivity index (χ0n) is 11.0. The molecule has 1 heteroatoms. The first-order chi connectivity index (χ1) is 7.51. The number of nitrogens with two attached hydrogens (primary N) is 1. The topological polar surface area (TPSA) is 16.6 Å². The molecule has 0 saturated heterocycles. The second kappa shape index (κ2) is 5.31. The van der Waals surface area contributed by atoms with E-state index in [0.29, 0.717) is 5.92 Å². The lowest BCUT2D eigenvalue weighted by molar-refractivity contribution is -0.540. The molecule has 1 aromatic carbocycles. The van der Waals surface area contributed by atoms with Gasteiger partial charge >= 0.3 is 0 Å². The van der Waals surface area contributed by atoms with Crippen LogP contribution in [0.2, 0.25) is 0 Å². The monoisotopic (exact) mass is 218 g/mol. The van der Waals surface area contributed by atoms with E-state index in [4.69, 9.17) is 0 Å². The predicted molar refractivity (Wildman–Crippen MR) is 70.8 cm³/mol. The molecule has 0 heterocycles. The summed E-state index contributed by atoms with van der Waals surface area (Å²) in [6.45, 7) is 10.8. The van der Waals surface area contributed by atoms with Gasteiger partial charge in [-0.2, -0.15) is 0 Å². The van der Waals surface area contributed by atoms with Crippen molar-refractivity contribution in [2.24, 2.45) is 11.3 Å². The highest BCUT2D eigenvalue weighted by atomic mass is 14.8. The van der Waals surface area contributed by atoms with Crippen LogP contribution in [0, 0.1) is 11.3 Å². The average molecular weight is 218 g/mol. The molecule has 1 nitrogen and oxygen atoms in total.